The quantitative estimate of drug-likeness (QED) is 0.734. The fraction of sp³-hybridized carbons (Fsp3) is 0.400. The second-order valence-electron chi connectivity index (χ2n) is 3.24. The van der Waals surface area contributed by atoms with E-state index in [2.05, 4.69) is 28.4 Å². The van der Waals surface area contributed by atoms with Gasteiger partial charge in [-0.2, -0.15) is 0 Å². The molecule has 3 nitrogen and oxygen atoms in total. The number of anilines is 2. The van der Waals surface area contributed by atoms with E-state index in [0.29, 0.717) is 6.54 Å². The first-order valence-electron chi connectivity index (χ1n) is 4.36. The summed E-state index contributed by atoms with van der Waals surface area (Å²) < 4.78 is 0. The SMILES string of the molecule is CNc1cc(CN)cc(N(C)C)c1. The molecule has 1 aromatic carbocycles. The molecular formula is C10H17N3. The van der Waals surface area contributed by atoms with Gasteiger partial charge in [-0.3, -0.25) is 0 Å². The zero-order valence-electron chi connectivity index (χ0n) is 8.46. The van der Waals surface area contributed by atoms with Crippen LogP contribution in [-0.4, -0.2) is 21.1 Å². The molecule has 0 saturated carbocycles. The maximum Gasteiger partial charge on any atom is 0.0384 e. The van der Waals surface area contributed by atoms with Crippen LogP contribution in [0, 0.1) is 0 Å². The Balaban J connectivity index is 3.07. The predicted octanol–water partition coefficient (Wildman–Crippen LogP) is 1.25. The molecule has 0 amide bonds. The molecule has 0 unspecified atom stereocenters. The molecule has 0 fully saturated rings. The van der Waals surface area contributed by atoms with Gasteiger partial charge in [0.05, 0.1) is 0 Å². The number of hydrogen-bond donors (Lipinski definition) is 2. The molecule has 3 N–H and O–H groups in total. The van der Waals surface area contributed by atoms with Gasteiger partial charge in [-0.15, -0.1) is 0 Å². The maximum atomic E-state index is 5.60. The summed E-state index contributed by atoms with van der Waals surface area (Å²) in [5.74, 6) is 0. The molecule has 0 aromatic heterocycles. The van der Waals surface area contributed by atoms with Crippen molar-refractivity contribution in [2.75, 3.05) is 31.4 Å². The lowest BCUT2D eigenvalue weighted by Gasteiger charge is -2.15. The van der Waals surface area contributed by atoms with Crippen LogP contribution in [0.1, 0.15) is 5.56 Å². The van der Waals surface area contributed by atoms with Gasteiger partial charge in [-0.05, 0) is 23.8 Å². The summed E-state index contributed by atoms with van der Waals surface area (Å²) in [6.45, 7) is 0.580. The van der Waals surface area contributed by atoms with Gasteiger partial charge in [0.25, 0.3) is 0 Å². The highest BCUT2D eigenvalue weighted by Crippen LogP contribution is 2.20. The van der Waals surface area contributed by atoms with Gasteiger partial charge < -0.3 is 16.0 Å². The first-order chi connectivity index (χ1) is 6.17. The lowest BCUT2D eigenvalue weighted by molar-refractivity contribution is 1.06. The summed E-state index contributed by atoms with van der Waals surface area (Å²) in [6.07, 6.45) is 0. The van der Waals surface area contributed by atoms with E-state index < -0.39 is 0 Å². The Labute approximate surface area is 79.5 Å². The molecule has 0 atom stereocenters. The third kappa shape index (κ3) is 2.36. The van der Waals surface area contributed by atoms with Crippen molar-refractivity contribution in [1.29, 1.82) is 0 Å². The minimum absolute atomic E-state index is 0.580. The van der Waals surface area contributed by atoms with Crippen LogP contribution in [0.25, 0.3) is 0 Å². The topological polar surface area (TPSA) is 41.3 Å². The van der Waals surface area contributed by atoms with Gasteiger partial charge in [-0.1, -0.05) is 0 Å². The van der Waals surface area contributed by atoms with Crippen LogP contribution in [-0.2, 0) is 6.54 Å². The third-order valence-corrected chi connectivity index (χ3v) is 2.02. The number of rotatable bonds is 3. The molecule has 3 heteroatoms. The van der Waals surface area contributed by atoms with Crippen molar-refractivity contribution in [3.8, 4) is 0 Å². The number of nitrogens with one attached hydrogen (secondary N) is 1. The van der Waals surface area contributed by atoms with E-state index in [9.17, 15) is 0 Å². The molecule has 0 spiro atoms. The zero-order chi connectivity index (χ0) is 9.84. The molecule has 13 heavy (non-hydrogen) atoms. The van der Waals surface area contributed by atoms with Gasteiger partial charge in [0.1, 0.15) is 0 Å². The highest BCUT2D eigenvalue weighted by molar-refractivity contribution is 5.59. The summed E-state index contributed by atoms with van der Waals surface area (Å²) in [6, 6.07) is 6.26. The first-order valence-corrected chi connectivity index (χ1v) is 4.36. The minimum Gasteiger partial charge on any atom is -0.388 e. The number of benzene rings is 1. The third-order valence-electron chi connectivity index (χ3n) is 2.02. The maximum absolute atomic E-state index is 5.60. The Morgan fingerprint density at radius 3 is 2.46 bits per heavy atom. The van der Waals surface area contributed by atoms with Crippen LogP contribution >= 0.6 is 0 Å². The largest absolute Gasteiger partial charge is 0.388 e. The molecule has 0 saturated heterocycles. The van der Waals surface area contributed by atoms with Gasteiger partial charge in [0.2, 0.25) is 0 Å². The van der Waals surface area contributed by atoms with Gasteiger partial charge in [0.15, 0.2) is 0 Å². The first kappa shape index (κ1) is 9.86. The van der Waals surface area contributed by atoms with Gasteiger partial charge in [0, 0.05) is 39.1 Å². The van der Waals surface area contributed by atoms with Crippen LogP contribution in [0.2, 0.25) is 0 Å². The second-order valence-corrected chi connectivity index (χ2v) is 3.24. The molecule has 0 bridgehead atoms. The standard InChI is InChI=1S/C10H17N3/c1-12-9-4-8(7-11)5-10(6-9)13(2)3/h4-6,12H,7,11H2,1-3H3. The highest BCUT2D eigenvalue weighted by Gasteiger charge is 2.00. The fourth-order valence-corrected chi connectivity index (χ4v) is 1.19. The van der Waals surface area contributed by atoms with Crippen LogP contribution < -0.4 is 16.0 Å². The average molecular weight is 179 g/mol. The minimum atomic E-state index is 0.580. The van der Waals surface area contributed by atoms with E-state index in [1.165, 1.54) is 5.69 Å². The number of hydrogen-bond acceptors (Lipinski definition) is 3. The van der Waals surface area contributed by atoms with Crippen molar-refractivity contribution in [1.82, 2.24) is 0 Å². The molecule has 0 aliphatic rings. The van der Waals surface area contributed by atoms with Crippen molar-refractivity contribution < 1.29 is 0 Å². The van der Waals surface area contributed by atoms with Crippen LogP contribution in [0.4, 0.5) is 11.4 Å². The van der Waals surface area contributed by atoms with E-state index >= 15 is 0 Å². The highest BCUT2D eigenvalue weighted by atomic mass is 15.1. The summed E-state index contributed by atoms with van der Waals surface area (Å²) in [4.78, 5) is 2.07. The lowest BCUT2D eigenvalue weighted by atomic mass is 10.1. The van der Waals surface area contributed by atoms with Crippen molar-refractivity contribution in [2.24, 2.45) is 5.73 Å². The zero-order valence-corrected chi connectivity index (χ0v) is 8.46. The normalized spacial score (nSPS) is 9.85. The van der Waals surface area contributed by atoms with E-state index in [-0.39, 0.29) is 0 Å². The van der Waals surface area contributed by atoms with Crippen LogP contribution in [0.3, 0.4) is 0 Å². The number of nitrogens with zero attached hydrogens (tertiary/aromatic N) is 1. The van der Waals surface area contributed by atoms with E-state index in [4.69, 9.17) is 5.73 Å². The monoisotopic (exact) mass is 179 g/mol. The molecule has 0 radical (unpaired) electrons. The van der Waals surface area contributed by atoms with E-state index in [1.54, 1.807) is 0 Å². The predicted molar refractivity (Wildman–Crippen MR) is 58.2 cm³/mol. The van der Waals surface area contributed by atoms with Crippen molar-refractivity contribution in [3.05, 3.63) is 23.8 Å². The number of nitrogens with two attached hydrogens (primary N) is 1. The molecular weight excluding hydrogens is 162 g/mol. The van der Waals surface area contributed by atoms with Gasteiger partial charge >= 0.3 is 0 Å². The smallest absolute Gasteiger partial charge is 0.0384 e. The van der Waals surface area contributed by atoms with E-state index in [1.807, 2.05) is 21.1 Å². The summed E-state index contributed by atoms with van der Waals surface area (Å²) >= 11 is 0. The van der Waals surface area contributed by atoms with Gasteiger partial charge in [-0.25, -0.2) is 0 Å². The van der Waals surface area contributed by atoms with Crippen molar-refractivity contribution in [2.45, 2.75) is 6.54 Å². The Hall–Kier alpha value is -1.22. The molecule has 0 aliphatic heterocycles. The molecule has 0 aliphatic carbocycles. The summed E-state index contributed by atoms with van der Waals surface area (Å²) in [5, 5.41) is 3.11. The average Bonchev–Trinajstić information content (AvgIpc) is 2.16. The van der Waals surface area contributed by atoms with E-state index in [0.717, 1.165) is 11.3 Å². The Bertz CT molecular complexity index is 259. The van der Waals surface area contributed by atoms with Crippen LogP contribution in [0.15, 0.2) is 18.2 Å². The molecule has 0 heterocycles. The molecule has 1 aromatic rings. The molecule has 1 rings (SSSR count). The Kier molecular flexibility index (Phi) is 3.14. The van der Waals surface area contributed by atoms with Crippen molar-refractivity contribution in [3.63, 3.8) is 0 Å². The van der Waals surface area contributed by atoms with Crippen LogP contribution in [0.5, 0.6) is 0 Å². The summed E-state index contributed by atoms with van der Waals surface area (Å²) in [5.41, 5.74) is 9.02. The second kappa shape index (κ2) is 4.14. The molecule has 72 valence electrons. The summed E-state index contributed by atoms with van der Waals surface area (Å²) in [7, 11) is 5.96. The lowest BCUT2D eigenvalue weighted by Crippen LogP contribution is -2.10. The Morgan fingerprint density at radius 1 is 1.31 bits per heavy atom. The van der Waals surface area contributed by atoms with Crippen molar-refractivity contribution >= 4 is 11.4 Å². The Morgan fingerprint density at radius 2 is 2.00 bits per heavy atom. The fourth-order valence-electron chi connectivity index (χ4n) is 1.19.